The van der Waals surface area contributed by atoms with E-state index in [2.05, 4.69) is 34.8 Å². The fraction of sp³-hybridized carbons (Fsp3) is 0.320. The summed E-state index contributed by atoms with van der Waals surface area (Å²) in [6.07, 6.45) is 1.75. The van der Waals surface area contributed by atoms with Crippen molar-refractivity contribution >= 4 is 39.0 Å². The zero-order chi connectivity index (χ0) is 23.7. The third kappa shape index (κ3) is 4.20. The molecule has 2 aromatic heterocycles. The molecule has 3 aromatic rings. The lowest BCUT2D eigenvalue weighted by Gasteiger charge is -2.28. The van der Waals surface area contributed by atoms with Gasteiger partial charge in [0.2, 0.25) is 5.78 Å². The van der Waals surface area contributed by atoms with Crippen LogP contribution in [0.15, 0.2) is 58.7 Å². The molecule has 1 N–H and O–H groups in total. The van der Waals surface area contributed by atoms with Gasteiger partial charge in [-0.25, -0.2) is 4.98 Å². The highest BCUT2D eigenvalue weighted by Gasteiger charge is 2.44. The number of hydrogen-bond donors (Lipinski definition) is 1. The first-order valence-electron chi connectivity index (χ1n) is 11.2. The maximum absolute atomic E-state index is 13.8. The van der Waals surface area contributed by atoms with E-state index < -0.39 is 23.5 Å². The first-order valence-corrected chi connectivity index (χ1v) is 12.0. The first kappa shape index (κ1) is 23.2. The minimum Gasteiger partial charge on any atom is -0.871 e. The number of ketones is 1. The van der Waals surface area contributed by atoms with Gasteiger partial charge in [0.15, 0.2) is 0 Å². The number of carbonyl (C=O) groups is 2. The molecule has 0 aliphatic carbocycles. The van der Waals surface area contributed by atoms with Gasteiger partial charge in [-0.15, -0.1) is 0 Å². The van der Waals surface area contributed by atoms with Crippen molar-refractivity contribution in [3.8, 4) is 0 Å². The topological polar surface area (TPSA) is 82.2 Å². The quantitative estimate of drug-likeness (QED) is 0.297. The Kier molecular flexibility index (Phi) is 6.67. The molecule has 0 saturated carbocycles. The van der Waals surface area contributed by atoms with Crippen LogP contribution in [0.2, 0.25) is 0 Å². The fourth-order valence-electron chi connectivity index (χ4n) is 4.49. The number of fused-ring (bicyclic) bond motifs is 1. The second-order valence-electron chi connectivity index (χ2n) is 8.21. The minimum absolute atomic E-state index is 0.00868. The van der Waals surface area contributed by atoms with E-state index in [0.29, 0.717) is 30.1 Å². The predicted octanol–water partition coefficient (Wildman–Crippen LogP) is 1.55. The van der Waals surface area contributed by atoms with Gasteiger partial charge in [0.1, 0.15) is 5.65 Å². The highest BCUT2D eigenvalue weighted by atomic mass is 79.9. The monoisotopic (exact) mass is 510 g/mol. The molecule has 1 unspecified atom stereocenters. The summed E-state index contributed by atoms with van der Waals surface area (Å²) in [5.41, 5.74) is 2.20. The van der Waals surface area contributed by atoms with Gasteiger partial charge >= 0.3 is 0 Å². The van der Waals surface area contributed by atoms with Gasteiger partial charge in [0, 0.05) is 16.2 Å². The second kappa shape index (κ2) is 9.49. The summed E-state index contributed by atoms with van der Waals surface area (Å²) in [5.74, 6) is -1.80. The molecule has 0 bridgehead atoms. The number of imidazole rings is 1. The molecule has 4 rings (SSSR count). The summed E-state index contributed by atoms with van der Waals surface area (Å²) in [4.78, 5) is 33.7. The second-order valence-corrected chi connectivity index (χ2v) is 9.12. The molecule has 1 fully saturated rings. The number of aromatic nitrogens is 2. The van der Waals surface area contributed by atoms with Crippen molar-refractivity contribution in [2.75, 3.05) is 26.2 Å². The van der Waals surface area contributed by atoms with Crippen LogP contribution in [0.1, 0.15) is 36.8 Å². The number of Topliss-reactive ketones (excluding diaryl/α,β-unsaturated/α-hetero) is 1. The van der Waals surface area contributed by atoms with E-state index in [9.17, 15) is 14.7 Å². The summed E-state index contributed by atoms with van der Waals surface area (Å²) in [7, 11) is 0. The zero-order valence-corrected chi connectivity index (χ0v) is 20.6. The van der Waals surface area contributed by atoms with Crippen molar-refractivity contribution in [2.24, 2.45) is 0 Å². The van der Waals surface area contributed by atoms with Crippen LogP contribution in [0.3, 0.4) is 0 Å². The normalized spacial score (nSPS) is 18.1. The van der Waals surface area contributed by atoms with Gasteiger partial charge in [-0.3, -0.25) is 9.59 Å². The summed E-state index contributed by atoms with van der Waals surface area (Å²) < 4.78 is 2.57. The van der Waals surface area contributed by atoms with Crippen molar-refractivity contribution in [1.29, 1.82) is 0 Å². The Morgan fingerprint density at radius 2 is 1.82 bits per heavy atom. The van der Waals surface area contributed by atoms with Crippen molar-refractivity contribution in [3.63, 3.8) is 0 Å². The average Bonchev–Trinajstić information content (AvgIpc) is 3.28. The fourth-order valence-corrected chi connectivity index (χ4v) is 4.75. The number of hydrogen-bond acceptors (Lipinski definition) is 4. The number of amides is 1. The standard InChI is InChI=1S/C25H27BrN4O3/c1-4-28(5-2)14-15-30-22(17-9-11-18(26)12-10-17)20(24(32)25(30)33)23(31)21-16(3)27-19-8-6-7-13-29(19)21/h6-13,22,31H,4-5,14-15H2,1-3H3. The first-order chi connectivity index (χ1) is 15.9. The number of quaternary nitrogens is 1. The Hall–Kier alpha value is -2.97. The highest BCUT2D eigenvalue weighted by molar-refractivity contribution is 9.10. The number of aryl methyl sites for hydroxylation is 1. The van der Waals surface area contributed by atoms with Crippen LogP contribution in [-0.4, -0.2) is 52.2 Å². The number of nitrogens with one attached hydrogen (secondary N) is 1. The van der Waals surface area contributed by atoms with Crippen LogP contribution in [0.4, 0.5) is 0 Å². The molecule has 33 heavy (non-hydrogen) atoms. The van der Waals surface area contributed by atoms with E-state index in [0.717, 1.165) is 23.1 Å². The third-order valence-corrected chi connectivity index (χ3v) is 6.87. The number of rotatable bonds is 7. The van der Waals surface area contributed by atoms with Crippen molar-refractivity contribution < 1.29 is 19.6 Å². The Labute approximate surface area is 201 Å². The van der Waals surface area contributed by atoms with E-state index in [4.69, 9.17) is 0 Å². The van der Waals surface area contributed by atoms with E-state index in [1.165, 1.54) is 4.90 Å². The number of benzene rings is 1. The largest absolute Gasteiger partial charge is 0.871 e. The molecule has 1 aliphatic heterocycles. The van der Waals surface area contributed by atoms with Crippen LogP contribution in [0.25, 0.3) is 11.4 Å². The molecule has 1 aromatic carbocycles. The zero-order valence-electron chi connectivity index (χ0n) is 19.0. The Morgan fingerprint density at radius 1 is 1.12 bits per heavy atom. The molecule has 7 nitrogen and oxygen atoms in total. The summed E-state index contributed by atoms with van der Waals surface area (Å²) in [6, 6.07) is 12.2. The van der Waals surface area contributed by atoms with Gasteiger partial charge < -0.3 is 19.3 Å². The van der Waals surface area contributed by atoms with Crippen LogP contribution in [0, 0.1) is 6.92 Å². The smallest absolute Gasteiger partial charge is 0.295 e. The molecule has 0 radical (unpaired) electrons. The molecule has 1 atom stereocenters. The Bertz CT molecular complexity index is 1230. The Balaban J connectivity index is 1.87. The van der Waals surface area contributed by atoms with Gasteiger partial charge in [-0.2, -0.15) is 0 Å². The van der Waals surface area contributed by atoms with E-state index in [1.807, 2.05) is 36.4 Å². The molecular formula is C25H27BrN4O3. The maximum atomic E-state index is 13.8. The third-order valence-electron chi connectivity index (χ3n) is 6.34. The van der Waals surface area contributed by atoms with Gasteiger partial charge in [-0.1, -0.05) is 39.9 Å². The maximum Gasteiger partial charge on any atom is 0.295 e. The summed E-state index contributed by atoms with van der Waals surface area (Å²) in [5, 5.41) is 13.8. The SMILES string of the molecule is CC[NH+](CC)CCN1C(=O)C(=O)C(=C([O-])c2c(C)nc3ccccn23)C1c1ccc(Br)cc1. The summed E-state index contributed by atoms with van der Waals surface area (Å²) >= 11 is 3.44. The lowest BCUT2D eigenvalue weighted by atomic mass is 9.96. The number of pyridine rings is 1. The molecule has 1 amide bonds. The van der Waals surface area contributed by atoms with E-state index in [1.54, 1.807) is 28.5 Å². The van der Waals surface area contributed by atoms with Crippen molar-refractivity contribution in [2.45, 2.75) is 26.8 Å². The minimum atomic E-state index is -0.729. The Morgan fingerprint density at radius 3 is 2.48 bits per heavy atom. The predicted molar refractivity (Wildman–Crippen MR) is 127 cm³/mol. The highest BCUT2D eigenvalue weighted by Crippen LogP contribution is 2.39. The van der Waals surface area contributed by atoms with E-state index >= 15 is 0 Å². The lowest BCUT2D eigenvalue weighted by molar-refractivity contribution is -0.895. The molecule has 172 valence electrons. The number of likely N-dealkylation sites (tertiary alicyclic amines) is 1. The van der Waals surface area contributed by atoms with Gasteiger partial charge in [-0.05, 0) is 50.6 Å². The van der Waals surface area contributed by atoms with Crippen LogP contribution < -0.4 is 10.0 Å². The number of likely N-dealkylation sites (N-methyl/N-ethyl adjacent to an activating group) is 1. The molecule has 1 aliphatic rings. The molecule has 0 spiro atoms. The van der Waals surface area contributed by atoms with Crippen LogP contribution in [0.5, 0.6) is 0 Å². The number of nitrogens with zero attached hydrogens (tertiary/aromatic N) is 3. The number of carbonyl (C=O) groups excluding carboxylic acids is 2. The van der Waals surface area contributed by atoms with E-state index in [-0.39, 0.29) is 5.57 Å². The molecule has 1 saturated heterocycles. The average molecular weight is 511 g/mol. The number of halogens is 1. The molecule has 3 heterocycles. The van der Waals surface area contributed by atoms with Gasteiger partial charge in [0.25, 0.3) is 5.91 Å². The summed E-state index contributed by atoms with van der Waals surface area (Å²) in [6.45, 7) is 8.88. The van der Waals surface area contributed by atoms with Crippen LogP contribution >= 0.6 is 15.9 Å². The van der Waals surface area contributed by atoms with Gasteiger partial charge in [0.05, 0.1) is 43.6 Å². The lowest BCUT2D eigenvalue weighted by Crippen LogP contribution is -3.12. The van der Waals surface area contributed by atoms with Crippen LogP contribution in [-0.2, 0) is 9.59 Å². The molecular weight excluding hydrogens is 484 g/mol. The molecule has 8 heteroatoms. The van der Waals surface area contributed by atoms with Crippen molar-refractivity contribution in [3.05, 3.63) is 75.7 Å². The van der Waals surface area contributed by atoms with Crippen molar-refractivity contribution in [1.82, 2.24) is 14.3 Å².